The van der Waals surface area contributed by atoms with Gasteiger partial charge in [-0.1, -0.05) is 24.3 Å². The van der Waals surface area contributed by atoms with E-state index in [1.54, 1.807) is 12.1 Å². The van der Waals surface area contributed by atoms with Crippen LogP contribution in [0.3, 0.4) is 0 Å². The van der Waals surface area contributed by atoms with Gasteiger partial charge in [0.25, 0.3) is 0 Å². The Hall–Kier alpha value is -1.95. The quantitative estimate of drug-likeness (QED) is 0.660. The van der Waals surface area contributed by atoms with E-state index in [4.69, 9.17) is 5.73 Å². The highest BCUT2D eigenvalue weighted by Crippen LogP contribution is 2.08. The van der Waals surface area contributed by atoms with Crippen LogP contribution in [-0.4, -0.2) is 10.9 Å². The molecule has 2 aromatic carbocycles. The number of benzene rings is 2. The molecule has 20 heavy (non-hydrogen) atoms. The average Bonchev–Trinajstić information content (AvgIpc) is 2.48. The van der Waals surface area contributed by atoms with Crippen molar-refractivity contribution >= 4 is 39.4 Å². The first-order valence-corrected chi connectivity index (χ1v) is 7.10. The average molecular weight is 376 g/mol. The van der Waals surface area contributed by atoms with Gasteiger partial charge in [-0.15, -0.1) is 0 Å². The SMILES string of the molecule is NC(=O)c1ccc(I)cc1.c1ccc2ncccc2c1. The number of hydrogen-bond donors (Lipinski definition) is 1. The number of pyridine rings is 1. The zero-order valence-corrected chi connectivity index (χ0v) is 12.8. The van der Waals surface area contributed by atoms with Crippen LogP contribution >= 0.6 is 22.6 Å². The predicted molar refractivity (Wildman–Crippen MR) is 89.4 cm³/mol. The number of carbonyl (C=O) groups excluding carboxylic acids is 1. The smallest absolute Gasteiger partial charge is 0.248 e. The number of nitrogens with two attached hydrogens (primary N) is 1. The lowest BCUT2D eigenvalue weighted by atomic mass is 10.2. The molecule has 0 spiro atoms. The molecule has 0 aliphatic heterocycles. The van der Waals surface area contributed by atoms with Gasteiger partial charge in [0.1, 0.15) is 0 Å². The first-order chi connectivity index (χ1) is 9.66. The van der Waals surface area contributed by atoms with Gasteiger partial charge in [-0.25, -0.2) is 0 Å². The molecule has 1 aromatic heterocycles. The molecular weight excluding hydrogens is 363 g/mol. The van der Waals surface area contributed by atoms with Crippen LogP contribution in [0.5, 0.6) is 0 Å². The second-order valence-electron chi connectivity index (χ2n) is 4.07. The van der Waals surface area contributed by atoms with E-state index in [0.717, 1.165) is 9.09 Å². The van der Waals surface area contributed by atoms with Gasteiger partial charge >= 0.3 is 0 Å². The van der Waals surface area contributed by atoms with Crippen LogP contribution in [0.1, 0.15) is 10.4 Å². The summed E-state index contributed by atoms with van der Waals surface area (Å²) in [7, 11) is 0. The van der Waals surface area contributed by atoms with Gasteiger partial charge < -0.3 is 5.73 Å². The summed E-state index contributed by atoms with van der Waals surface area (Å²) >= 11 is 2.17. The largest absolute Gasteiger partial charge is 0.366 e. The van der Waals surface area contributed by atoms with Crippen LogP contribution < -0.4 is 5.73 Å². The number of nitrogens with zero attached hydrogens (tertiary/aromatic N) is 1. The summed E-state index contributed by atoms with van der Waals surface area (Å²) in [5.41, 5.74) is 6.64. The number of hydrogen-bond acceptors (Lipinski definition) is 2. The second-order valence-corrected chi connectivity index (χ2v) is 5.31. The first kappa shape index (κ1) is 14.5. The van der Waals surface area contributed by atoms with E-state index in [2.05, 4.69) is 39.7 Å². The first-order valence-electron chi connectivity index (χ1n) is 6.02. The fourth-order valence-electron chi connectivity index (χ4n) is 1.63. The maximum Gasteiger partial charge on any atom is 0.248 e. The van der Waals surface area contributed by atoms with Crippen molar-refractivity contribution in [1.29, 1.82) is 0 Å². The molecular formula is C16H13IN2O. The minimum absolute atomic E-state index is 0.378. The Labute approximate surface area is 131 Å². The van der Waals surface area contributed by atoms with Crippen molar-refractivity contribution in [3.8, 4) is 0 Å². The normalized spacial score (nSPS) is 9.65. The summed E-state index contributed by atoms with van der Waals surface area (Å²) in [5, 5.41) is 1.20. The van der Waals surface area contributed by atoms with E-state index >= 15 is 0 Å². The molecule has 100 valence electrons. The molecule has 3 nitrogen and oxygen atoms in total. The number of halogens is 1. The van der Waals surface area contributed by atoms with Gasteiger partial charge in [0.05, 0.1) is 5.52 Å². The highest BCUT2D eigenvalue weighted by molar-refractivity contribution is 14.1. The predicted octanol–water partition coefficient (Wildman–Crippen LogP) is 3.62. The maximum atomic E-state index is 10.5. The van der Waals surface area contributed by atoms with Gasteiger partial charge in [0, 0.05) is 20.7 Å². The molecule has 0 fully saturated rings. The lowest BCUT2D eigenvalue weighted by Crippen LogP contribution is -2.10. The molecule has 0 aliphatic rings. The Balaban J connectivity index is 0.000000147. The summed E-state index contributed by atoms with van der Waals surface area (Å²) in [4.78, 5) is 14.7. The third-order valence-electron chi connectivity index (χ3n) is 2.64. The summed E-state index contributed by atoms with van der Waals surface area (Å²) in [5.74, 6) is -0.378. The number of para-hydroxylation sites is 1. The lowest BCUT2D eigenvalue weighted by Gasteiger charge is -1.92. The molecule has 2 N–H and O–H groups in total. The molecule has 0 unspecified atom stereocenters. The van der Waals surface area contributed by atoms with E-state index in [9.17, 15) is 4.79 Å². The molecule has 0 atom stereocenters. The molecule has 0 bridgehead atoms. The van der Waals surface area contributed by atoms with Gasteiger partial charge in [-0.3, -0.25) is 9.78 Å². The van der Waals surface area contributed by atoms with Crippen molar-refractivity contribution < 1.29 is 4.79 Å². The number of primary amides is 1. The van der Waals surface area contributed by atoms with E-state index < -0.39 is 0 Å². The van der Waals surface area contributed by atoms with Gasteiger partial charge in [-0.2, -0.15) is 0 Å². The second kappa shape index (κ2) is 7.00. The van der Waals surface area contributed by atoms with Gasteiger partial charge in [0.2, 0.25) is 5.91 Å². The molecule has 0 aliphatic carbocycles. The molecule has 0 saturated heterocycles. The molecule has 4 heteroatoms. The van der Waals surface area contributed by atoms with Crippen molar-refractivity contribution in [3.63, 3.8) is 0 Å². The summed E-state index contributed by atoms with van der Waals surface area (Å²) in [6, 6.07) is 19.2. The van der Waals surface area contributed by atoms with Crippen molar-refractivity contribution in [1.82, 2.24) is 4.98 Å². The molecule has 0 radical (unpaired) electrons. The van der Waals surface area contributed by atoms with Crippen LogP contribution in [0.2, 0.25) is 0 Å². The third kappa shape index (κ3) is 4.03. The molecule has 1 amide bonds. The number of amides is 1. The highest BCUT2D eigenvalue weighted by atomic mass is 127. The summed E-state index contributed by atoms with van der Waals surface area (Å²) in [6.07, 6.45) is 1.81. The topological polar surface area (TPSA) is 56.0 Å². The van der Waals surface area contributed by atoms with Crippen molar-refractivity contribution in [2.75, 3.05) is 0 Å². The Morgan fingerprint density at radius 2 is 1.60 bits per heavy atom. The Kier molecular flexibility index (Phi) is 5.06. The molecule has 3 aromatic rings. The Morgan fingerprint density at radius 1 is 0.950 bits per heavy atom. The number of aromatic nitrogens is 1. The fourth-order valence-corrected chi connectivity index (χ4v) is 1.99. The minimum atomic E-state index is -0.378. The molecule has 0 saturated carbocycles. The number of carbonyl (C=O) groups is 1. The standard InChI is InChI=1S/C9H7N.C7H6INO/c1-2-6-9-8(4-1)5-3-7-10-9;8-6-3-1-5(2-4-6)7(9)10/h1-7H;1-4H,(H2,9,10). The van der Waals surface area contributed by atoms with E-state index in [1.807, 2.05) is 42.6 Å². The van der Waals surface area contributed by atoms with Crippen LogP contribution in [-0.2, 0) is 0 Å². The lowest BCUT2D eigenvalue weighted by molar-refractivity contribution is 0.100. The molecule has 3 rings (SSSR count). The zero-order valence-electron chi connectivity index (χ0n) is 10.7. The van der Waals surface area contributed by atoms with Crippen molar-refractivity contribution in [2.24, 2.45) is 5.73 Å². The van der Waals surface area contributed by atoms with Crippen LogP contribution in [0.25, 0.3) is 10.9 Å². The van der Waals surface area contributed by atoms with Crippen LogP contribution in [0.4, 0.5) is 0 Å². The number of rotatable bonds is 1. The minimum Gasteiger partial charge on any atom is -0.366 e. The third-order valence-corrected chi connectivity index (χ3v) is 3.36. The van der Waals surface area contributed by atoms with E-state index in [-0.39, 0.29) is 5.91 Å². The van der Waals surface area contributed by atoms with Gasteiger partial charge in [-0.05, 0) is 59.0 Å². The molecule has 1 heterocycles. The van der Waals surface area contributed by atoms with Crippen molar-refractivity contribution in [2.45, 2.75) is 0 Å². The van der Waals surface area contributed by atoms with Gasteiger partial charge in [0.15, 0.2) is 0 Å². The Bertz CT molecular complexity index is 646. The van der Waals surface area contributed by atoms with E-state index in [0.29, 0.717) is 5.56 Å². The zero-order chi connectivity index (χ0) is 14.4. The Morgan fingerprint density at radius 3 is 2.25 bits per heavy atom. The maximum absolute atomic E-state index is 10.5. The summed E-state index contributed by atoms with van der Waals surface area (Å²) < 4.78 is 1.10. The monoisotopic (exact) mass is 376 g/mol. The van der Waals surface area contributed by atoms with Crippen LogP contribution in [0, 0.1) is 3.57 Å². The summed E-state index contributed by atoms with van der Waals surface area (Å²) in [6.45, 7) is 0. The fraction of sp³-hybridized carbons (Fsp3) is 0. The highest BCUT2D eigenvalue weighted by Gasteiger charge is 1.96. The van der Waals surface area contributed by atoms with Crippen LogP contribution in [0.15, 0.2) is 66.9 Å². The van der Waals surface area contributed by atoms with E-state index in [1.165, 1.54) is 5.39 Å². The number of fused-ring (bicyclic) bond motifs is 1. The van der Waals surface area contributed by atoms with Crippen molar-refractivity contribution in [3.05, 3.63) is 76.0 Å².